The zero-order valence-corrected chi connectivity index (χ0v) is 19.5. The summed E-state index contributed by atoms with van der Waals surface area (Å²) in [5.41, 5.74) is 1.82. The van der Waals surface area contributed by atoms with E-state index in [9.17, 15) is 22.8 Å². The molecule has 2 saturated heterocycles. The Morgan fingerprint density at radius 2 is 1.44 bits per heavy atom. The molecule has 2 aromatic rings. The van der Waals surface area contributed by atoms with Crippen LogP contribution in [0.2, 0.25) is 0 Å². The molecule has 3 aliphatic heterocycles. The molecule has 3 amide bonds. The maximum atomic E-state index is 13.1. The van der Waals surface area contributed by atoms with Crippen molar-refractivity contribution in [3.63, 3.8) is 0 Å². The molecule has 34 heavy (non-hydrogen) atoms. The minimum atomic E-state index is -3.62. The summed E-state index contributed by atoms with van der Waals surface area (Å²) >= 11 is 0. The van der Waals surface area contributed by atoms with E-state index in [4.69, 9.17) is 0 Å². The maximum Gasteiger partial charge on any atom is 0.261 e. The van der Waals surface area contributed by atoms with Gasteiger partial charge < -0.3 is 5.32 Å². The van der Waals surface area contributed by atoms with Crippen molar-refractivity contribution < 1.29 is 22.8 Å². The highest BCUT2D eigenvalue weighted by atomic mass is 32.2. The van der Waals surface area contributed by atoms with Crippen LogP contribution in [0.3, 0.4) is 0 Å². The number of carbonyl (C=O) groups excluding carboxylic acids is 3. The quantitative estimate of drug-likeness (QED) is 0.613. The molecule has 1 N–H and O–H groups in total. The van der Waals surface area contributed by atoms with Gasteiger partial charge in [-0.15, -0.1) is 0 Å². The minimum Gasteiger partial charge on any atom is -0.355 e. The van der Waals surface area contributed by atoms with Crippen LogP contribution in [0.4, 0.5) is 0 Å². The van der Waals surface area contributed by atoms with Crippen LogP contribution < -0.4 is 5.32 Å². The number of nitrogens with one attached hydrogen (secondary N) is 1. The molecule has 2 fully saturated rings. The van der Waals surface area contributed by atoms with Gasteiger partial charge in [-0.3, -0.25) is 24.2 Å². The van der Waals surface area contributed by atoms with Crippen molar-refractivity contribution in [2.24, 2.45) is 0 Å². The van der Waals surface area contributed by atoms with Gasteiger partial charge in [0.1, 0.15) is 0 Å². The molecule has 0 radical (unpaired) electrons. The standard InChI is InChI=1S/C24H26N4O5S/c29-22-15-18(16-25-22)17-5-7-19(8-6-17)34(32,33)27-12-9-26(10-13-27)11-14-28-23(30)20-3-1-2-4-21(20)24(28)31/h1-8,18H,9-16H2,(H,25,29)/t18-/m0/s1. The fourth-order valence-corrected chi connectivity index (χ4v) is 6.20. The van der Waals surface area contributed by atoms with E-state index in [2.05, 4.69) is 10.2 Å². The molecule has 10 heteroatoms. The lowest BCUT2D eigenvalue weighted by atomic mass is 9.99. The topological polar surface area (TPSA) is 107 Å². The van der Waals surface area contributed by atoms with Crippen LogP contribution >= 0.6 is 0 Å². The largest absolute Gasteiger partial charge is 0.355 e. The van der Waals surface area contributed by atoms with E-state index >= 15 is 0 Å². The summed E-state index contributed by atoms with van der Waals surface area (Å²) < 4.78 is 27.7. The van der Waals surface area contributed by atoms with Crippen molar-refractivity contribution in [2.45, 2.75) is 17.2 Å². The highest BCUT2D eigenvalue weighted by Gasteiger charge is 2.35. The average molecular weight is 483 g/mol. The van der Waals surface area contributed by atoms with Crippen LogP contribution in [-0.2, 0) is 14.8 Å². The monoisotopic (exact) mass is 482 g/mol. The third kappa shape index (κ3) is 4.13. The lowest BCUT2D eigenvalue weighted by Crippen LogP contribution is -2.50. The number of sulfonamides is 1. The zero-order valence-electron chi connectivity index (χ0n) is 18.6. The van der Waals surface area contributed by atoms with Gasteiger partial charge in [0.25, 0.3) is 11.8 Å². The summed E-state index contributed by atoms with van der Waals surface area (Å²) in [6.45, 7) is 3.09. The number of rotatable bonds is 6. The Labute approximate surface area is 198 Å². The molecule has 5 rings (SSSR count). The number of benzene rings is 2. The molecule has 0 aliphatic carbocycles. The van der Waals surface area contributed by atoms with Crippen LogP contribution in [0.5, 0.6) is 0 Å². The van der Waals surface area contributed by atoms with Crippen LogP contribution in [-0.4, -0.2) is 86.1 Å². The number of piperazine rings is 1. The molecular weight excluding hydrogens is 456 g/mol. The number of fused-ring (bicyclic) bond motifs is 1. The van der Waals surface area contributed by atoms with Crippen molar-refractivity contribution in [1.82, 2.24) is 19.4 Å². The normalized spacial score (nSPS) is 21.7. The zero-order chi connectivity index (χ0) is 23.9. The Kier molecular flexibility index (Phi) is 5.97. The van der Waals surface area contributed by atoms with E-state index in [-0.39, 0.29) is 35.1 Å². The fraction of sp³-hybridized carbons (Fsp3) is 0.375. The third-order valence-electron chi connectivity index (χ3n) is 6.82. The summed E-state index contributed by atoms with van der Waals surface area (Å²) in [6, 6.07) is 13.6. The molecule has 2 aromatic carbocycles. The Hall–Kier alpha value is -3.08. The number of hydrogen-bond acceptors (Lipinski definition) is 6. The Bertz CT molecular complexity index is 1200. The van der Waals surface area contributed by atoms with Gasteiger partial charge in [-0.05, 0) is 29.8 Å². The molecule has 0 spiro atoms. The summed E-state index contributed by atoms with van der Waals surface area (Å²) in [4.78, 5) is 40.1. The maximum absolute atomic E-state index is 13.1. The summed E-state index contributed by atoms with van der Waals surface area (Å²) in [6.07, 6.45) is 0.425. The van der Waals surface area contributed by atoms with Crippen molar-refractivity contribution >= 4 is 27.7 Å². The first-order valence-corrected chi connectivity index (χ1v) is 12.8. The SMILES string of the molecule is O=C1C[C@H](c2ccc(S(=O)(=O)N3CCN(CCN4C(=O)c5ccccc5C4=O)CC3)cc2)CN1. The summed E-state index contributed by atoms with van der Waals surface area (Å²) in [7, 11) is -3.62. The Morgan fingerprint density at radius 1 is 0.824 bits per heavy atom. The van der Waals surface area contributed by atoms with Crippen molar-refractivity contribution in [1.29, 1.82) is 0 Å². The smallest absolute Gasteiger partial charge is 0.261 e. The lowest BCUT2D eigenvalue weighted by Gasteiger charge is -2.34. The van der Waals surface area contributed by atoms with Gasteiger partial charge in [-0.1, -0.05) is 24.3 Å². The second kappa shape index (κ2) is 8.94. The van der Waals surface area contributed by atoms with Gasteiger partial charge in [-0.25, -0.2) is 8.42 Å². The highest BCUT2D eigenvalue weighted by molar-refractivity contribution is 7.89. The van der Waals surface area contributed by atoms with Crippen LogP contribution in [0.15, 0.2) is 53.4 Å². The number of hydrogen-bond donors (Lipinski definition) is 1. The first kappa shape index (κ1) is 22.7. The molecule has 178 valence electrons. The second-order valence-corrected chi connectivity index (χ2v) is 10.8. The molecule has 0 bridgehead atoms. The molecule has 0 saturated carbocycles. The number of carbonyl (C=O) groups is 3. The average Bonchev–Trinajstić information content (AvgIpc) is 3.39. The van der Waals surface area contributed by atoms with E-state index in [0.29, 0.717) is 56.8 Å². The van der Waals surface area contributed by atoms with E-state index in [1.165, 1.54) is 9.21 Å². The molecular formula is C24H26N4O5S. The van der Waals surface area contributed by atoms with Crippen LogP contribution in [0.25, 0.3) is 0 Å². The van der Waals surface area contributed by atoms with Crippen molar-refractivity contribution in [2.75, 3.05) is 45.8 Å². The van der Waals surface area contributed by atoms with Gasteiger partial charge in [0.05, 0.1) is 16.0 Å². The summed E-state index contributed by atoms with van der Waals surface area (Å²) in [5, 5.41) is 2.80. The predicted molar refractivity (Wildman–Crippen MR) is 124 cm³/mol. The van der Waals surface area contributed by atoms with Crippen LogP contribution in [0.1, 0.15) is 38.6 Å². The second-order valence-electron chi connectivity index (χ2n) is 8.83. The number of nitrogens with zero attached hydrogens (tertiary/aromatic N) is 3. The first-order chi connectivity index (χ1) is 16.3. The van der Waals surface area contributed by atoms with Gasteiger partial charge >= 0.3 is 0 Å². The van der Waals surface area contributed by atoms with Gasteiger partial charge in [-0.2, -0.15) is 4.31 Å². The van der Waals surface area contributed by atoms with E-state index in [1.807, 2.05) is 0 Å². The highest BCUT2D eigenvalue weighted by Crippen LogP contribution is 2.26. The Balaban J connectivity index is 1.16. The molecule has 0 unspecified atom stereocenters. The van der Waals surface area contributed by atoms with E-state index in [1.54, 1.807) is 48.5 Å². The van der Waals surface area contributed by atoms with Crippen LogP contribution in [0, 0.1) is 0 Å². The van der Waals surface area contributed by atoms with E-state index < -0.39 is 10.0 Å². The van der Waals surface area contributed by atoms with Crippen molar-refractivity contribution in [3.05, 3.63) is 65.2 Å². The molecule has 9 nitrogen and oxygen atoms in total. The van der Waals surface area contributed by atoms with Gasteiger partial charge in [0.15, 0.2) is 0 Å². The summed E-state index contributed by atoms with van der Waals surface area (Å²) in [5.74, 6) is -0.455. The molecule has 3 heterocycles. The Morgan fingerprint density at radius 3 is 2.00 bits per heavy atom. The molecule has 1 atom stereocenters. The third-order valence-corrected chi connectivity index (χ3v) is 8.73. The van der Waals surface area contributed by atoms with Crippen molar-refractivity contribution in [3.8, 4) is 0 Å². The lowest BCUT2D eigenvalue weighted by molar-refractivity contribution is -0.119. The predicted octanol–water partition coefficient (Wildman–Crippen LogP) is 0.893. The molecule has 3 aliphatic rings. The van der Waals surface area contributed by atoms with E-state index in [0.717, 1.165) is 5.56 Å². The fourth-order valence-electron chi connectivity index (χ4n) is 4.78. The molecule has 0 aromatic heterocycles. The number of imide groups is 1. The minimum absolute atomic E-state index is 0.0163. The number of amides is 3. The van der Waals surface area contributed by atoms with Gasteiger partial charge in [0, 0.05) is 58.2 Å². The van der Waals surface area contributed by atoms with Gasteiger partial charge in [0.2, 0.25) is 15.9 Å². The first-order valence-electron chi connectivity index (χ1n) is 11.4.